The number of nitrogens with zero attached hydrogens (tertiary/aromatic N) is 4. The van der Waals surface area contributed by atoms with E-state index in [2.05, 4.69) is 37.0 Å². The molecule has 4 rings (SSSR count). The molecule has 0 fully saturated rings. The van der Waals surface area contributed by atoms with Crippen molar-refractivity contribution in [3.8, 4) is 17.2 Å². The number of halogens is 2. The van der Waals surface area contributed by atoms with E-state index in [0.717, 1.165) is 22.6 Å². The number of hydrogen-bond donors (Lipinski definition) is 1. The zero-order valence-corrected chi connectivity index (χ0v) is 19.2. The average Bonchev–Trinajstić information content (AvgIpc) is 3.28. The number of para-hydroxylation sites is 1. The van der Waals surface area contributed by atoms with E-state index in [0.29, 0.717) is 27.2 Å². The van der Waals surface area contributed by atoms with Crippen LogP contribution >= 0.6 is 35.4 Å². The van der Waals surface area contributed by atoms with E-state index in [1.165, 1.54) is 0 Å². The summed E-state index contributed by atoms with van der Waals surface area (Å²) in [4.78, 5) is 0. The lowest BCUT2D eigenvalue weighted by atomic mass is 9.92. The van der Waals surface area contributed by atoms with E-state index in [1.807, 2.05) is 51.7 Å². The largest absolute Gasteiger partial charge is 0.267 e. The van der Waals surface area contributed by atoms with Crippen LogP contribution in [0.1, 0.15) is 32.0 Å². The highest BCUT2D eigenvalue weighted by Gasteiger charge is 2.24. The monoisotopic (exact) mass is 457 g/mol. The lowest BCUT2D eigenvalue weighted by Crippen LogP contribution is -2.13. The third-order valence-corrected chi connectivity index (χ3v) is 5.66. The first-order valence-corrected chi connectivity index (χ1v) is 10.7. The molecule has 154 valence electrons. The number of rotatable bonds is 4. The maximum atomic E-state index is 6.44. The van der Waals surface area contributed by atoms with Gasteiger partial charge >= 0.3 is 0 Å². The summed E-state index contributed by atoms with van der Waals surface area (Å²) in [6, 6.07) is 17.5. The van der Waals surface area contributed by atoms with Crippen LogP contribution in [0.25, 0.3) is 17.2 Å². The quantitative estimate of drug-likeness (QED) is 0.358. The second-order valence-corrected chi connectivity index (χ2v) is 9.31. The van der Waals surface area contributed by atoms with Crippen LogP contribution in [0.5, 0.6) is 0 Å². The molecular formula is C22H21Cl2N5S. The van der Waals surface area contributed by atoms with Gasteiger partial charge in [-0.25, -0.2) is 0 Å². The molecule has 8 heteroatoms. The lowest BCUT2D eigenvalue weighted by Gasteiger charge is -2.14. The molecule has 1 N–H and O–H groups in total. The molecule has 0 aliphatic carbocycles. The van der Waals surface area contributed by atoms with Gasteiger partial charge in [0.2, 0.25) is 0 Å². The minimum absolute atomic E-state index is 0.130. The van der Waals surface area contributed by atoms with E-state index < -0.39 is 0 Å². The van der Waals surface area contributed by atoms with Gasteiger partial charge in [-0.15, -0.1) is 0 Å². The van der Waals surface area contributed by atoms with Gasteiger partial charge in [0.05, 0.1) is 17.9 Å². The smallest absolute Gasteiger partial charge is 0.200 e. The second kappa shape index (κ2) is 8.02. The van der Waals surface area contributed by atoms with E-state index in [1.54, 1.807) is 6.07 Å². The fraction of sp³-hybridized carbons (Fsp3) is 0.227. The highest BCUT2D eigenvalue weighted by Crippen LogP contribution is 2.30. The predicted octanol–water partition coefficient (Wildman–Crippen LogP) is 6.45. The Morgan fingerprint density at radius 1 is 1.03 bits per heavy atom. The molecule has 5 nitrogen and oxygen atoms in total. The van der Waals surface area contributed by atoms with Crippen LogP contribution in [-0.2, 0) is 12.0 Å². The van der Waals surface area contributed by atoms with Crippen molar-refractivity contribution < 1.29 is 0 Å². The van der Waals surface area contributed by atoms with Crippen LogP contribution in [0.15, 0.2) is 54.6 Å². The van der Waals surface area contributed by atoms with Crippen molar-refractivity contribution in [1.82, 2.24) is 24.5 Å². The average molecular weight is 458 g/mol. The zero-order chi connectivity index (χ0) is 21.5. The summed E-state index contributed by atoms with van der Waals surface area (Å²) in [7, 11) is 0. The van der Waals surface area contributed by atoms with Crippen molar-refractivity contribution in [3.05, 3.63) is 80.7 Å². The summed E-state index contributed by atoms with van der Waals surface area (Å²) in [5.74, 6) is 0.694. The van der Waals surface area contributed by atoms with Gasteiger partial charge in [-0.3, -0.25) is 14.3 Å². The Kier molecular flexibility index (Phi) is 5.57. The first-order chi connectivity index (χ1) is 14.2. The molecule has 0 saturated heterocycles. The fourth-order valence-electron chi connectivity index (χ4n) is 3.18. The molecule has 0 radical (unpaired) electrons. The third-order valence-electron chi connectivity index (χ3n) is 4.80. The number of nitrogens with one attached hydrogen (secondary N) is 1. The highest BCUT2D eigenvalue weighted by molar-refractivity contribution is 7.71. The fourth-order valence-corrected chi connectivity index (χ4v) is 3.89. The van der Waals surface area contributed by atoms with Crippen molar-refractivity contribution >= 4 is 35.4 Å². The Labute approximate surface area is 190 Å². The summed E-state index contributed by atoms with van der Waals surface area (Å²) >= 11 is 18.0. The Morgan fingerprint density at radius 2 is 1.77 bits per heavy atom. The summed E-state index contributed by atoms with van der Waals surface area (Å²) in [6.07, 6.45) is 0. The molecule has 4 aromatic rings. The standard InChI is InChI=1S/C22H21Cl2N5S/c1-22(2,3)19-12-18(28(27-19)13-14-9-10-15(23)11-17(14)24)20-25-26-21(30)29(20)16-7-5-4-6-8-16/h4-12H,13H2,1-3H3,(H,26,30). The van der Waals surface area contributed by atoms with E-state index >= 15 is 0 Å². The first kappa shape index (κ1) is 20.8. The molecule has 2 aromatic heterocycles. The minimum atomic E-state index is -0.130. The molecule has 0 spiro atoms. The topological polar surface area (TPSA) is 51.4 Å². The number of aromatic nitrogens is 5. The van der Waals surface area contributed by atoms with Crippen molar-refractivity contribution in [2.24, 2.45) is 0 Å². The number of H-pyrrole nitrogens is 1. The van der Waals surface area contributed by atoms with Gasteiger partial charge in [0.25, 0.3) is 0 Å². The van der Waals surface area contributed by atoms with Crippen LogP contribution in [0.2, 0.25) is 10.0 Å². The molecule has 2 aromatic carbocycles. The predicted molar refractivity (Wildman–Crippen MR) is 124 cm³/mol. The van der Waals surface area contributed by atoms with E-state index in [4.69, 9.17) is 40.5 Å². The van der Waals surface area contributed by atoms with Crippen molar-refractivity contribution in [3.63, 3.8) is 0 Å². The van der Waals surface area contributed by atoms with Gasteiger partial charge in [-0.2, -0.15) is 10.2 Å². The first-order valence-electron chi connectivity index (χ1n) is 9.49. The van der Waals surface area contributed by atoms with Gasteiger partial charge in [0.15, 0.2) is 10.6 Å². The zero-order valence-electron chi connectivity index (χ0n) is 16.9. The van der Waals surface area contributed by atoms with Gasteiger partial charge in [-0.1, -0.05) is 68.2 Å². The molecule has 0 aliphatic heterocycles. The summed E-state index contributed by atoms with van der Waals surface area (Å²) < 4.78 is 4.35. The van der Waals surface area contributed by atoms with Gasteiger partial charge in [0, 0.05) is 15.5 Å². The molecule has 0 bridgehead atoms. The highest BCUT2D eigenvalue weighted by atomic mass is 35.5. The molecule has 0 atom stereocenters. The molecule has 0 aliphatic rings. The maximum Gasteiger partial charge on any atom is 0.200 e. The van der Waals surface area contributed by atoms with Crippen LogP contribution < -0.4 is 0 Å². The van der Waals surface area contributed by atoms with Crippen molar-refractivity contribution in [2.75, 3.05) is 0 Å². The number of aromatic amines is 1. The molecule has 0 amide bonds. The molecular weight excluding hydrogens is 437 g/mol. The summed E-state index contributed by atoms with van der Waals surface area (Å²) in [5, 5.41) is 13.5. The second-order valence-electron chi connectivity index (χ2n) is 8.08. The Balaban J connectivity index is 1.89. The lowest BCUT2D eigenvalue weighted by molar-refractivity contribution is 0.545. The van der Waals surface area contributed by atoms with Gasteiger partial charge < -0.3 is 0 Å². The number of benzene rings is 2. The molecule has 0 unspecified atom stereocenters. The Hall–Kier alpha value is -2.41. The van der Waals surface area contributed by atoms with Crippen LogP contribution in [-0.4, -0.2) is 24.5 Å². The molecule has 30 heavy (non-hydrogen) atoms. The number of hydrogen-bond acceptors (Lipinski definition) is 3. The SMILES string of the molecule is CC(C)(C)c1cc(-c2n[nH]c(=S)n2-c2ccccc2)n(Cc2ccc(Cl)cc2Cl)n1. The maximum absolute atomic E-state index is 6.44. The molecule has 0 saturated carbocycles. The van der Waals surface area contributed by atoms with Crippen LogP contribution in [0.4, 0.5) is 0 Å². The minimum Gasteiger partial charge on any atom is -0.267 e. The third kappa shape index (κ3) is 4.08. The van der Waals surface area contributed by atoms with E-state index in [-0.39, 0.29) is 5.41 Å². The summed E-state index contributed by atoms with van der Waals surface area (Å²) in [6.45, 7) is 6.88. The van der Waals surface area contributed by atoms with E-state index in [9.17, 15) is 0 Å². The van der Waals surface area contributed by atoms with Crippen LogP contribution in [0, 0.1) is 4.77 Å². The Bertz CT molecular complexity index is 1250. The normalized spacial score (nSPS) is 11.8. The summed E-state index contributed by atoms with van der Waals surface area (Å²) in [5.41, 5.74) is 3.53. The van der Waals surface area contributed by atoms with Gasteiger partial charge in [0.1, 0.15) is 5.69 Å². The van der Waals surface area contributed by atoms with Crippen molar-refractivity contribution in [1.29, 1.82) is 0 Å². The Morgan fingerprint density at radius 3 is 2.43 bits per heavy atom. The van der Waals surface area contributed by atoms with Crippen LogP contribution in [0.3, 0.4) is 0 Å². The van der Waals surface area contributed by atoms with Gasteiger partial charge in [-0.05, 0) is 48.1 Å². The van der Waals surface area contributed by atoms with Crippen molar-refractivity contribution in [2.45, 2.75) is 32.7 Å². The molecule has 2 heterocycles.